The molecule has 412 valence electrons. The third-order valence-corrected chi connectivity index (χ3v) is 12.3. The quantitative estimate of drug-likeness (QED) is 0.0349. The molecule has 2 aromatic carbocycles. The van der Waals surface area contributed by atoms with Crippen LogP contribution in [0.15, 0.2) is 85.3 Å². The van der Waals surface area contributed by atoms with Gasteiger partial charge in [-0.1, -0.05) is 51.1 Å². The van der Waals surface area contributed by atoms with E-state index in [9.17, 15) is 57.4 Å². The average molecular weight is 1070 g/mol. The smallest absolute Gasteiger partial charge is 0.333 e. The van der Waals surface area contributed by atoms with Gasteiger partial charge in [0.15, 0.2) is 0 Å². The first-order valence-corrected chi connectivity index (χ1v) is 24.8. The maximum Gasteiger partial charge on any atom is 0.333 e. The molecule has 0 radical (unpaired) electrons. The highest BCUT2D eigenvalue weighted by Gasteiger charge is 2.39. The highest BCUT2D eigenvalue weighted by atomic mass is 19.1. The van der Waals surface area contributed by atoms with Crippen LogP contribution in [0, 0.1) is 17.0 Å². The minimum absolute atomic E-state index is 0.0595. The largest absolute Gasteiger partial charge is 0.387 e. The summed E-state index contributed by atoms with van der Waals surface area (Å²) in [6, 6.07) is 10.2. The van der Waals surface area contributed by atoms with Gasteiger partial charge in [0.2, 0.25) is 41.4 Å². The monoisotopic (exact) mass is 1070 g/mol. The number of nitrogens with two attached hydrogens (primary N) is 1. The van der Waals surface area contributed by atoms with Crippen molar-refractivity contribution in [2.45, 2.75) is 116 Å². The van der Waals surface area contributed by atoms with Crippen LogP contribution in [0.5, 0.6) is 0 Å². The Morgan fingerprint density at radius 3 is 2.08 bits per heavy atom. The van der Waals surface area contributed by atoms with Crippen molar-refractivity contribution in [1.82, 2.24) is 46.1 Å². The van der Waals surface area contributed by atoms with Gasteiger partial charge >= 0.3 is 5.97 Å². The van der Waals surface area contributed by atoms with Crippen LogP contribution in [0.1, 0.15) is 96.0 Å². The summed E-state index contributed by atoms with van der Waals surface area (Å²) in [7, 11) is 0. The van der Waals surface area contributed by atoms with Crippen molar-refractivity contribution in [2.75, 3.05) is 19.7 Å². The Morgan fingerprint density at radius 1 is 0.805 bits per heavy atom. The maximum absolute atomic E-state index is 15.4. The Hall–Kier alpha value is -8.41. The zero-order valence-electron chi connectivity index (χ0n) is 43.3. The van der Waals surface area contributed by atoms with E-state index in [-0.39, 0.29) is 62.9 Å². The fraction of sp³-hybridized carbons (Fsp3) is 0.415. The van der Waals surface area contributed by atoms with Crippen LogP contribution < -0.4 is 32.3 Å². The lowest BCUT2D eigenvalue weighted by Gasteiger charge is -2.41. The average Bonchev–Trinajstić information content (AvgIpc) is 3.93. The number of hydroxylamine groups is 2. The third kappa shape index (κ3) is 17.3. The van der Waals surface area contributed by atoms with Crippen molar-refractivity contribution in [3.05, 3.63) is 114 Å². The molecule has 0 unspecified atom stereocenters. The molecule has 0 saturated carbocycles. The molecule has 1 fully saturated rings. The number of aromatic nitrogens is 2. The summed E-state index contributed by atoms with van der Waals surface area (Å²) in [4.78, 5) is 141. The number of imide groups is 1. The van der Waals surface area contributed by atoms with Crippen LogP contribution in [-0.2, 0) is 65.7 Å². The Morgan fingerprint density at radius 2 is 1.44 bits per heavy atom. The lowest BCUT2D eigenvalue weighted by atomic mass is 9.82. The van der Waals surface area contributed by atoms with Crippen LogP contribution in [0.3, 0.4) is 0 Å². The lowest BCUT2D eigenvalue weighted by molar-refractivity contribution is -0.197. The second kappa shape index (κ2) is 27.4. The number of nitrogens with zero attached hydrogens (tertiary/aromatic N) is 4. The molecule has 2 aromatic heterocycles. The molecule has 1 saturated heterocycles. The van der Waals surface area contributed by atoms with Gasteiger partial charge in [-0.05, 0) is 79.6 Å². The van der Waals surface area contributed by atoms with Crippen molar-refractivity contribution < 1.29 is 66.7 Å². The Kier molecular flexibility index (Phi) is 21.2. The summed E-state index contributed by atoms with van der Waals surface area (Å²) in [5, 5.41) is 23.3. The van der Waals surface area contributed by atoms with E-state index >= 15 is 4.39 Å². The van der Waals surface area contributed by atoms with E-state index < -0.39 is 126 Å². The van der Waals surface area contributed by atoms with Crippen molar-refractivity contribution in [1.29, 1.82) is 0 Å². The maximum atomic E-state index is 15.4. The molecule has 77 heavy (non-hydrogen) atoms. The summed E-state index contributed by atoms with van der Waals surface area (Å²) in [5.74, 6) is -9.87. The summed E-state index contributed by atoms with van der Waals surface area (Å²) in [6.45, 7) is 6.61. The SMILES string of the molecule is C[C@H](NC(=O)Cc1ccncc1)C(=O)N[C@H](C)C(=O)N[C@@H](CC(N)=O)C(=O)N[C@@H](CCN(C(=O)CO)[C@@H](c1cc(-c2cc(F)ccc2F)cn1Cc1ccccc1)C(C)(C)C)C(=O)NCCCC(=O)ON1C(=O)CCC1=O. The van der Waals surface area contributed by atoms with Gasteiger partial charge in [0.25, 0.3) is 11.8 Å². The van der Waals surface area contributed by atoms with Gasteiger partial charge in [0.05, 0.1) is 18.9 Å². The van der Waals surface area contributed by atoms with Crippen molar-refractivity contribution in [3.8, 4) is 11.1 Å². The molecule has 3 heterocycles. The Balaban J connectivity index is 1.41. The summed E-state index contributed by atoms with van der Waals surface area (Å²) < 4.78 is 31.8. The van der Waals surface area contributed by atoms with Gasteiger partial charge in [0, 0.05) is 74.3 Å². The van der Waals surface area contributed by atoms with Crippen molar-refractivity contribution >= 4 is 59.1 Å². The zero-order chi connectivity index (χ0) is 56.6. The van der Waals surface area contributed by atoms with E-state index in [0.717, 1.165) is 23.8 Å². The number of rotatable bonds is 26. The standard InChI is InChI=1S/C53H64F2N10O12/c1-31(59-43(68)24-33-17-21-57-22-18-33)49(73)60-32(2)50(74)62-40(27-42(56)67)52(76)61-39(51(75)58-20-9-12-47(72)77-65-44(69)15-16-45(65)70)19-23-64(46(71)30-66)48(53(3,4)5)41-25-35(37-26-36(54)13-14-38(37)55)29-63(41)28-34-10-7-6-8-11-34/h6-8,10-11,13-14,17-18,21-22,25-26,29,31-32,39-40,48,66H,9,12,15-16,19-20,23-24,27-28,30H2,1-5H3,(H2,56,67)(H,58,75)(H,59,68)(H,60,73)(H,61,76)(H,62,74)/t31-,32+,39-,40-,48-/m0/s1. The molecule has 0 spiro atoms. The van der Waals surface area contributed by atoms with Crippen LogP contribution in [0.25, 0.3) is 11.1 Å². The second-order valence-corrected chi connectivity index (χ2v) is 19.5. The molecule has 9 amide bonds. The topological polar surface area (TPSA) is 311 Å². The van der Waals surface area contributed by atoms with E-state index in [1.165, 1.54) is 31.1 Å². The van der Waals surface area contributed by atoms with Crippen LogP contribution in [0.2, 0.25) is 0 Å². The van der Waals surface area contributed by atoms with Crippen LogP contribution in [0.4, 0.5) is 8.78 Å². The number of halogens is 2. The molecule has 5 rings (SSSR count). The molecule has 4 aromatic rings. The number of amides is 9. The molecule has 5 atom stereocenters. The van der Waals surface area contributed by atoms with Gasteiger partial charge in [-0.2, -0.15) is 0 Å². The molecule has 1 aliphatic rings. The van der Waals surface area contributed by atoms with Crippen molar-refractivity contribution in [3.63, 3.8) is 0 Å². The van der Waals surface area contributed by atoms with Crippen LogP contribution in [-0.4, -0.2) is 128 Å². The van der Waals surface area contributed by atoms with Gasteiger partial charge in [-0.3, -0.25) is 48.1 Å². The van der Waals surface area contributed by atoms with E-state index in [1.54, 1.807) is 49.7 Å². The molecule has 8 N–H and O–H groups in total. The first kappa shape index (κ1) is 59.5. The predicted octanol–water partition coefficient (Wildman–Crippen LogP) is 1.78. The number of pyridine rings is 1. The van der Waals surface area contributed by atoms with E-state index in [2.05, 4.69) is 31.6 Å². The molecule has 22 nitrogen and oxygen atoms in total. The number of hydrogen-bond donors (Lipinski definition) is 7. The van der Waals surface area contributed by atoms with Gasteiger partial charge in [-0.15, -0.1) is 5.06 Å². The molecular formula is C53H64F2N10O12. The molecule has 24 heteroatoms. The fourth-order valence-corrected chi connectivity index (χ4v) is 8.44. The fourth-order valence-electron chi connectivity index (χ4n) is 8.44. The number of primary amides is 1. The molecule has 0 aliphatic carbocycles. The summed E-state index contributed by atoms with van der Waals surface area (Å²) in [6.07, 6.45) is 2.63. The minimum Gasteiger partial charge on any atom is -0.387 e. The first-order valence-electron chi connectivity index (χ1n) is 24.8. The molecule has 1 aliphatic heterocycles. The van der Waals surface area contributed by atoms with Crippen LogP contribution >= 0.6 is 0 Å². The van der Waals surface area contributed by atoms with Crippen molar-refractivity contribution in [2.24, 2.45) is 11.1 Å². The normalized spacial score (nSPS) is 14.3. The number of benzene rings is 2. The first-order chi connectivity index (χ1) is 36.4. The van der Waals surface area contributed by atoms with E-state index in [4.69, 9.17) is 10.6 Å². The molecular weight excluding hydrogens is 1010 g/mol. The summed E-state index contributed by atoms with van der Waals surface area (Å²) in [5.41, 5.74) is 6.66. The van der Waals surface area contributed by atoms with Gasteiger partial charge in [0.1, 0.15) is 42.4 Å². The number of aliphatic hydroxyl groups is 1. The number of aliphatic hydroxyl groups excluding tert-OH is 1. The van der Waals surface area contributed by atoms with Gasteiger partial charge < -0.3 is 51.7 Å². The van der Waals surface area contributed by atoms with E-state index in [0.29, 0.717) is 16.3 Å². The number of nitrogens with one attached hydrogen (secondary N) is 5. The Bertz CT molecular complexity index is 2790. The summed E-state index contributed by atoms with van der Waals surface area (Å²) >= 11 is 0. The number of hydrogen-bond acceptors (Lipinski definition) is 13. The third-order valence-electron chi connectivity index (χ3n) is 12.3. The lowest BCUT2D eigenvalue weighted by Crippen LogP contribution is -2.58. The highest BCUT2D eigenvalue weighted by Crippen LogP contribution is 2.41. The van der Waals surface area contributed by atoms with E-state index in [1.807, 2.05) is 30.3 Å². The van der Waals surface area contributed by atoms with Gasteiger partial charge in [-0.25, -0.2) is 13.6 Å². The Labute approximate surface area is 442 Å². The number of carbonyl (C=O) groups excluding carboxylic acids is 10. The predicted molar refractivity (Wildman–Crippen MR) is 271 cm³/mol. The number of carbonyl (C=O) groups is 10. The highest BCUT2D eigenvalue weighted by molar-refractivity contribution is 6.01. The zero-order valence-corrected chi connectivity index (χ0v) is 43.3. The second-order valence-electron chi connectivity index (χ2n) is 19.5. The molecule has 0 bridgehead atoms. The minimum atomic E-state index is -1.75.